The Morgan fingerprint density at radius 2 is 1.96 bits per heavy atom. The van der Waals surface area contributed by atoms with E-state index in [1.54, 1.807) is 24.3 Å². The smallest absolute Gasteiger partial charge is 0.267 e. The molecule has 27 heavy (non-hydrogen) atoms. The first-order chi connectivity index (χ1) is 13.0. The van der Waals surface area contributed by atoms with E-state index in [1.165, 1.54) is 29.0 Å². The van der Waals surface area contributed by atoms with Crippen molar-refractivity contribution in [2.45, 2.75) is 18.9 Å². The SMILES string of the molecule is O=C(C=Cc1csc(NC2CCN(C(=O)c3ccc(Cl)cc3)CC2)n1)NO. The van der Waals surface area contributed by atoms with E-state index in [0.717, 1.165) is 18.0 Å². The Balaban J connectivity index is 1.50. The van der Waals surface area contributed by atoms with E-state index in [0.29, 0.717) is 29.4 Å². The molecule has 0 unspecified atom stereocenters. The number of nitrogens with one attached hydrogen (secondary N) is 2. The lowest BCUT2D eigenvalue weighted by Gasteiger charge is -2.32. The van der Waals surface area contributed by atoms with Crippen LogP contribution in [-0.2, 0) is 4.79 Å². The topological polar surface area (TPSA) is 94.6 Å². The predicted octanol–water partition coefficient (Wildman–Crippen LogP) is 3.03. The van der Waals surface area contributed by atoms with Crippen LogP contribution in [-0.4, -0.2) is 46.0 Å². The molecule has 3 rings (SSSR count). The van der Waals surface area contributed by atoms with Gasteiger partial charge in [0.25, 0.3) is 11.8 Å². The molecule has 0 bridgehead atoms. The van der Waals surface area contributed by atoms with Crippen molar-refractivity contribution in [2.24, 2.45) is 0 Å². The van der Waals surface area contributed by atoms with Crippen LogP contribution in [0.2, 0.25) is 5.02 Å². The summed E-state index contributed by atoms with van der Waals surface area (Å²) in [4.78, 5) is 29.8. The van der Waals surface area contributed by atoms with Crippen molar-refractivity contribution in [3.8, 4) is 0 Å². The summed E-state index contributed by atoms with van der Waals surface area (Å²) < 4.78 is 0. The number of carbonyl (C=O) groups is 2. The van der Waals surface area contributed by atoms with Gasteiger partial charge in [-0.05, 0) is 43.2 Å². The Bertz CT molecular complexity index is 829. The van der Waals surface area contributed by atoms with Gasteiger partial charge in [-0.15, -0.1) is 11.3 Å². The Morgan fingerprint density at radius 1 is 1.26 bits per heavy atom. The maximum atomic E-state index is 12.5. The van der Waals surface area contributed by atoms with Gasteiger partial charge >= 0.3 is 0 Å². The molecule has 1 aliphatic rings. The summed E-state index contributed by atoms with van der Waals surface area (Å²) >= 11 is 7.32. The molecule has 7 nitrogen and oxygen atoms in total. The fourth-order valence-corrected chi connectivity index (χ4v) is 3.69. The zero-order chi connectivity index (χ0) is 19.2. The van der Waals surface area contributed by atoms with Crippen LogP contribution in [0.5, 0.6) is 0 Å². The van der Waals surface area contributed by atoms with Crippen LogP contribution in [0.4, 0.5) is 5.13 Å². The van der Waals surface area contributed by atoms with Crippen molar-refractivity contribution in [2.75, 3.05) is 18.4 Å². The molecule has 1 fully saturated rings. The van der Waals surface area contributed by atoms with Crippen LogP contribution < -0.4 is 10.8 Å². The Labute approximate surface area is 165 Å². The van der Waals surface area contributed by atoms with E-state index in [9.17, 15) is 9.59 Å². The van der Waals surface area contributed by atoms with Crippen molar-refractivity contribution in [1.82, 2.24) is 15.4 Å². The third kappa shape index (κ3) is 5.29. The lowest BCUT2D eigenvalue weighted by Crippen LogP contribution is -2.42. The summed E-state index contributed by atoms with van der Waals surface area (Å²) in [5, 5.41) is 15.0. The van der Waals surface area contributed by atoms with Crippen molar-refractivity contribution >= 4 is 46.0 Å². The van der Waals surface area contributed by atoms with E-state index in [2.05, 4.69) is 10.3 Å². The molecule has 0 atom stereocenters. The minimum absolute atomic E-state index is 0.0222. The number of halogens is 1. The van der Waals surface area contributed by atoms with E-state index < -0.39 is 5.91 Å². The summed E-state index contributed by atoms with van der Waals surface area (Å²) in [6.07, 6.45) is 4.40. The molecule has 2 aromatic rings. The van der Waals surface area contributed by atoms with Crippen LogP contribution in [0.1, 0.15) is 28.9 Å². The Morgan fingerprint density at radius 3 is 2.63 bits per heavy atom. The normalized spacial score (nSPS) is 15.1. The number of hydrogen-bond donors (Lipinski definition) is 3. The number of piperidine rings is 1. The highest BCUT2D eigenvalue weighted by Gasteiger charge is 2.24. The number of likely N-dealkylation sites (tertiary alicyclic amines) is 1. The van der Waals surface area contributed by atoms with E-state index in [4.69, 9.17) is 16.8 Å². The molecular formula is C18H19ClN4O3S. The first kappa shape index (κ1) is 19.3. The average molecular weight is 407 g/mol. The highest BCUT2D eigenvalue weighted by molar-refractivity contribution is 7.13. The summed E-state index contributed by atoms with van der Waals surface area (Å²) in [6, 6.07) is 7.18. The maximum absolute atomic E-state index is 12.5. The number of thiazole rings is 1. The molecule has 9 heteroatoms. The van der Waals surface area contributed by atoms with Gasteiger partial charge < -0.3 is 10.2 Å². The maximum Gasteiger partial charge on any atom is 0.267 e. The van der Waals surface area contributed by atoms with E-state index in [-0.39, 0.29) is 11.9 Å². The second kappa shape index (κ2) is 8.98. The molecule has 2 amide bonds. The van der Waals surface area contributed by atoms with Gasteiger partial charge in [0.2, 0.25) is 0 Å². The van der Waals surface area contributed by atoms with E-state index >= 15 is 0 Å². The number of carbonyl (C=O) groups excluding carboxylic acids is 2. The van der Waals surface area contributed by atoms with Crippen LogP contribution in [0.25, 0.3) is 6.08 Å². The highest BCUT2D eigenvalue weighted by atomic mass is 35.5. The van der Waals surface area contributed by atoms with Gasteiger partial charge in [0.1, 0.15) is 0 Å². The molecule has 1 saturated heterocycles. The van der Waals surface area contributed by atoms with Crippen LogP contribution in [0, 0.1) is 0 Å². The zero-order valence-electron chi connectivity index (χ0n) is 14.4. The number of amides is 2. The first-order valence-electron chi connectivity index (χ1n) is 8.44. The second-order valence-corrected chi connectivity index (χ2v) is 7.40. The van der Waals surface area contributed by atoms with Gasteiger partial charge in [-0.2, -0.15) is 0 Å². The highest BCUT2D eigenvalue weighted by Crippen LogP contribution is 2.22. The fraction of sp³-hybridized carbons (Fsp3) is 0.278. The lowest BCUT2D eigenvalue weighted by molar-refractivity contribution is -0.124. The minimum atomic E-state index is -0.602. The van der Waals surface area contributed by atoms with Crippen LogP contribution in [0.3, 0.4) is 0 Å². The van der Waals surface area contributed by atoms with Gasteiger partial charge in [-0.25, -0.2) is 10.5 Å². The predicted molar refractivity (Wildman–Crippen MR) is 105 cm³/mol. The lowest BCUT2D eigenvalue weighted by atomic mass is 10.0. The summed E-state index contributed by atoms with van der Waals surface area (Å²) in [7, 11) is 0. The third-order valence-corrected chi connectivity index (χ3v) is 5.28. The number of hydroxylamine groups is 1. The number of aromatic nitrogens is 1. The zero-order valence-corrected chi connectivity index (χ0v) is 16.0. The average Bonchev–Trinajstić information content (AvgIpc) is 3.14. The molecule has 2 heterocycles. The third-order valence-electron chi connectivity index (χ3n) is 4.24. The van der Waals surface area contributed by atoms with Gasteiger partial charge in [0.15, 0.2) is 5.13 Å². The van der Waals surface area contributed by atoms with Gasteiger partial charge in [-0.1, -0.05) is 11.6 Å². The van der Waals surface area contributed by atoms with Crippen molar-refractivity contribution in [1.29, 1.82) is 0 Å². The number of hydrogen-bond acceptors (Lipinski definition) is 6. The molecule has 0 saturated carbocycles. The molecule has 0 aliphatic carbocycles. The molecule has 0 radical (unpaired) electrons. The fourth-order valence-electron chi connectivity index (χ4n) is 2.80. The molecule has 3 N–H and O–H groups in total. The Kier molecular flexibility index (Phi) is 6.44. The van der Waals surface area contributed by atoms with Crippen molar-refractivity contribution in [3.05, 3.63) is 52.0 Å². The molecular weight excluding hydrogens is 388 g/mol. The number of benzene rings is 1. The van der Waals surface area contributed by atoms with E-state index in [1.807, 2.05) is 10.3 Å². The standard InChI is InChI=1S/C18H19ClN4O3S/c19-13-3-1-12(2-4-13)17(25)23-9-7-14(8-10-23)20-18-21-15(11-27-18)5-6-16(24)22-26/h1-6,11,14,26H,7-10H2,(H,20,21)(H,22,24). The van der Waals surface area contributed by atoms with Crippen molar-refractivity contribution < 1.29 is 14.8 Å². The molecule has 1 aromatic heterocycles. The van der Waals surface area contributed by atoms with Crippen molar-refractivity contribution in [3.63, 3.8) is 0 Å². The second-order valence-electron chi connectivity index (χ2n) is 6.10. The molecule has 1 aliphatic heterocycles. The number of nitrogens with zero attached hydrogens (tertiary/aromatic N) is 2. The number of anilines is 1. The summed E-state index contributed by atoms with van der Waals surface area (Å²) in [6.45, 7) is 1.35. The Hall–Kier alpha value is -2.42. The monoisotopic (exact) mass is 406 g/mol. The quantitative estimate of drug-likeness (QED) is 0.403. The summed E-state index contributed by atoms with van der Waals surface area (Å²) in [5.41, 5.74) is 2.82. The van der Waals surface area contributed by atoms with Gasteiger partial charge in [-0.3, -0.25) is 14.8 Å². The molecule has 142 valence electrons. The minimum Gasteiger partial charge on any atom is -0.359 e. The number of rotatable bonds is 5. The van der Waals surface area contributed by atoms with Gasteiger partial charge in [0.05, 0.1) is 5.69 Å². The largest absolute Gasteiger partial charge is 0.359 e. The molecule has 0 spiro atoms. The summed E-state index contributed by atoms with van der Waals surface area (Å²) in [5.74, 6) is -0.579. The first-order valence-corrected chi connectivity index (χ1v) is 9.70. The molecule has 1 aromatic carbocycles. The van der Waals surface area contributed by atoms with Crippen LogP contribution in [0.15, 0.2) is 35.7 Å². The van der Waals surface area contributed by atoms with Gasteiger partial charge in [0, 0.05) is 41.2 Å². The van der Waals surface area contributed by atoms with Crippen LogP contribution >= 0.6 is 22.9 Å².